The first-order chi connectivity index (χ1) is 10.5. The standard InChI is InChI=1S/C15H17ClN2O4/c1-9-10(2)17-18(3)15(9)22-14-6-13(21-8-20-4)11(7-19)5-12(14)16/h5-7H,8H2,1-4H3. The van der Waals surface area contributed by atoms with E-state index in [1.807, 2.05) is 13.8 Å². The predicted molar refractivity (Wildman–Crippen MR) is 82.1 cm³/mol. The molecule has 0 bridgehead atoms. The maximum Gasteiger partial charge on any atom is 0.220 e. The van der Waals surface area contributed by atoms with Gasteiger partial charge in [0.25, 0.3) is 0 Å². The molecule has 1 aromatic heterocycles. The molecule has 0 spiro atoms. The van der Waals surface area contributed by atoms with Crippen molar-refractivity contribution in [2.75, 3.05) is 13.9 Å². The Labute approximate surface area is 133 Å². The maximum absolute atomic E-state index is 11.1. The van der Waals surface area contributed by atoms with Crippen LogP contribution in [0.25, 0.3) is 0 Å². The van der Waals surface area contributed by atoms with Crippen LogP contribution in [0.5, 0.6) is 17.4 Å². The Bertz CT molecular complexity index is 697. The van der Waals surface area contributed by atoms with E-state index in [9.17, 15) is 4.79 Å². The second kappa shape index (κ2) is 6.81. The number of benzene rings is 1. The number of aryl methyl sites for hydroxylation is 2. The zero-order valence-electron chi connectivity index (χ0n) is 12.8. The molecular weight excluding hydrogens is 308 g/mol. The summed E-state index contributed by atoms with van der Waals surface area (Å²) in [6.45, 7) is 3.83. The molecule has 0 radical (unpaired) electrons. The minimum atomic E-state index is 0.0196. The minimum absolute atomic E-state index is 0.0196. The van der Waals surface area contributed by atoms with Crippen LogP contribution in [-0.2, 0) is 11.8 Å². The lowest BCUT2D eigenvalue weighted by molar-refractivity contribution is 0.0504. The second-order valence-electron chi connectivity index (χ2n) is 4.73. The Kier molecular flexibility index (Phi) is 5.05. The summed E-state index contributed by atoms with van der Waals surface area (Å²) in [6, 6.07) is 3.06. The summed E-state index contributed by atoms with van der Waals surface area (Å²) in [6.07, 6.45) is 0.667. The van der Waals surface area contributed by atoms with Crippen LogP contribution in [0.3, 0.4) is 0 Å². The highest BCUT2D eigenvalue weighted by molar-refractivity contribution is 6.32. The van der Waals surface area contributed by atoms with Gasteiger partial charge in [0, 0.05) is 25.8 Å². The SMILES string of the molecule is COCOc1cc(Oc2c(C)c(C)nn2C)c(Cl)cc1C=O. The Balaban J connectivity index is 2.40. The molecule has 0 fully saturated rings. The van der Waals surface area contributed by atoms with Crippen molar-refractivity contribution in [2.45, 2.75) is 13.8 Å². The molecule has 2 rings (SSSR count). The van der Waals surface area contributed by atoms with Gasteiger partial charge in [-0.15, -0.1) is 0 Å². The molecule has 118 valence electrons. The Morgan fingerprint density at radius 1 is 1.32 bits per heavy atom. The molecule has 0 amide bonds. The van der Waals surface area contributed by atoms with Crippen molar-refractivity contribution in [1.29, 1.82) is 0 Å². The van der Waals surface area contributed by atoms with E-state index in [0.717, 1.165) is 11.3 Å². The monoisotopic (exact) mass is 324 g/mol. The van der Waals surface area contributed by atoms with Crippen LogP contribution in [0.4, 0.5) is 0 Å². The molecule has 1 heterocycles. The number of aldehydes is 1. The summed E-state index contributed by atoms with van der Waals surface area (Å²) in [5.41, 5.74) is 2.11. The highest BCUT2D eigenvalue weighted by Crippen LogP contribution is 2.36. The molecule has 0 atom stereocenters. The molecule has 0 saturated carbocycles. The van der Waals surface area contributed by atoms with Crippen LogP contribution in [0, 0.1) is 13.8 Å². The number of nitrogens with zero attached hydrogens (tertiary/aromatic N) is 2. The fourth-order valence-electron chi connectivity index (χ4n) is 1.96. The molecule has 0 aliphatic heterocycles. The van der Waals surface area contributed by atoms with Crippen LogP contribution in [0.1, 0.15) is 21.6 Å². The lowest BCUT2D eigenvalue weighted by atomic mass is 10.2. The summed E-state index contributed by atoms with van der Waals surface area (Å²) in [7, 11) is 3.28. The fourth-order valence-corrected chi connectivity index (χ4v) is 2.17. The van der Waals surface area contributed by atoms with E-state index in [1.54, 1.807) is 17.8 Å². The van der Waals surface area contributed by atoms with E-state index in [-0.39, 0.29) is 6.79 Å². The number of ether oxygens (including phenoxy) is 3. The number of hydrogen-bond acceptors (Lipinski definition) is 5. The number of methoxy groups -OCH3 is 1. The second-order valence-corrected chi connectivity index (χ2v) is 5.14. The number of hydrogen-bond donors (Lipinski definition) is 0. The first kappa shape index (κ1) is 16.3. The molecule has 2 aromatic rings. The van der Waals surface area contributed by atoms with Crippen LogP contribution in [0.15, 0.2) is 12.1 Å². The molecule has 0 N–H and O–H groups in total. The van der Waals surface area contributed by atoms with E-state index in [1.165, 1.54) is 13.2 Å². The van der Waals surface area contributed by atoms with Crippen molar-refractivity contribution in [3.05, 3.63) is 34.0 Å². The van der Waals surface area contributed by atoms with Gasteiger partial charge < -0.3 is 14.2 Å². The molecule has 6 nitrogen and oxygen atoms in total. The van der Waals surface area contributed by atoms with Gasteiger partial charge in [0.2, 0.25) is 5.88 Å². The molecule has 0 aliphatic carbocycles. The van der Waals surface area contributed by atoms with Crippen molar-refractivity contribution in [2.24, 2.45) is 7.05 Å². The van der Waals surface area contributed by atoms with Crippen molar-refractivity contribution in [3.8, 4) is 17.4 Å². The molecular formula is C15H17ClN2O4. The van der Waals surface area contributed by atoms with Crippen LogP contribution >= 0.6 is 11.6 Å². The van der Waals surface area contributed by atoms with E-state index in [4.69, 9.17) is 25.8 Å². The number of rotatable bonds is 6. The summed E-state index contributed by atoms with van der Waals surface area (Å²) >= 11 is 6.18. The quantitative estimate of drug-likeness (QED) is 0.602. The Morgan fingerprint density at radius 2 is 2.05 bits per heavy atom. The van der Waals surface area contributed by atoms with Gasteiger partial charge in [-0.25, -0.2) is 4.68 Å². The lowest BCUT2D eigenvalue weighted by Crippen LogP contribution is -2.03. The Morgan fingerprint density at radius 3 is 2.59 bits per heavy atom. The van der Waals surface area contributed by atoms with Crippen molar-refractivity contribution >= 4 is 17.9 Å². The fraction of sp³-hybridized carbons (Fsp3) is 0.333. The highest BCUT2D eigenvalue weighted by Gasteiger charge is 2.16. The summed E-state index contributed by atoms with van der Waals surface area (Å²) < 4.78 is 17.7. The highest BCUT2D eigenvalue weighted by atomic mass is 35.5. The molecule has 22 heavy (non-hydrogen) atoms. The van der Waals surface area contributed by atoms with E-state index >= 15 is 0 Å². The maximum atomic E-state index is 11.1. The largest absolute Gasteiger partial charge is 0.467 e. The van der Waals surface area contributed by atoms with E-state index in [2.05, 4.69) is 5.10 Å². The molecule has 0 aliphatic rings. The smallest absolute Gasteiger partial charge is 0.220 e. The predicted octanol–water partition coefficient (Wildman–Crippen LogP) is 3.28. The van der Waals surface area contributed by atoms with Crippen LogP contribution in [-0.4, -0.2) is 30.0 Å². The van der Waals surface area contributed by atoms with Gasteiger partial charge >= 0.3 is 0 Å². The zero-order valence-corrected chi connectivity index (χ0v) is 13.6. The van der Waals surface area contributed by atoms with Crippen LogP contribution in [0.2, 0.25) is 5.02 Å². The molecule has 0 saturated heterocycles. The summed E-state index contributed by atoms with van der Waals surface area (Å²) in [5, 5.41) is 4.59. The third kappa shape index (κ3) is 3.23. The van der Waals surface area contributed by atoms with Gasteiger partial charge in [-0.1, -0.05) is 11.6 Å². The molecule has 0 unspecified atom stereocenters. The topological polar surface area (TPSA) is 62.6 Å². The summed E-state index contributed by atoms with van der Waals surface area (Å²) in [5.74, 6) is 1.30. The average molecular weight is 325 g/mol. The van der Waals surface area contributed by atoms with Gasteiger partial charge in [-0.05, 0) is 19.9 Å². The first-order valence-corrected chi connectivity index (χ1v) is 6.94. The third-order valence-electron chi connectivity index (χ3n) is 3.19. The van der Waals surface area contributed by atoms with Gasteiger partial charge in [0.05, 0.1) is 16.3 Å². The minimum Gasteiger partial charge on any atom is -0.467 e. The van der Waals surface area contributed by atoms with Gasteiger partial charge in [-0.3, -0.25) is 4.79 Å². The van der Waals surface area contributed by atoms with Crippen molar-refractivity contribution < 1.29 is 19.0 Å². The third-order valence-corrected chi connectivity index (χ3v) is 3.48. The number of aromatic nitrogens is 2. The van der Waals surface area contributed by atoms with E-state index in [0.29, 0.717) is 34.3 Å². The van der Waals surface area contributed by atoms with Gasteiger partial charge in [0.15, 0.2) is 18.8 Å². The van der Waals surface area contributed by atoms with Crippen LogP contribution < -0.4 is 9.47 Å². The van der Waals surface area contributed by atoms with Crippen molar-refractivity contribution in [1.82, 2.24) is 9.78 Å². The normalized spacial score (nSPS) is 10.6. The number of halogens is 1. The molecule has 7 heteroatoms. The molecule has 1 aromatic carbocycles. The first-order valence-electron chi connectivity index (χ1n) is 6.56. The van der Waals surface area contributed by atoms with E-state index < -0.39 is 0 Å². The summed E-state index contributed by atoms with van der Waals surface area (Å²) in [4.78, 5) is 11.1. The van der Waals surface area contributed by atoms with Crippen molar-refractivity contribution in [3.63, 3.8) is 0 Å². The Hall–Kier alpha value is -2.05. The van der Waals surface area contributed by atoms with Gasteiger partial charge in [-0.2, -0.15) is 5.10 Å². The number of carbonyl (C=O) groups is 1. The number of carbonyl (C=O) groups excluding carboxylic acids is 1. The lowest BCUT2D eigenvalue weighted by Gasteiger charge is -2.13. The average Bonchev–Trinajstić information content (AvgIpc) is 2.73. The van der Waals surface area contributed by atoms with Gasteiger partial charge in [0.1, 0.15) is 5.75 Å². The zero-order chi connectivity index (χ0) is 16.3.